The first kappa shape index (κ1) is 57.5. The molecule has 2 aliphatic rings. The molecule has 5 heterocycles. The van der Waals surface area contributed by atoms with Gasteiger partial charge >= 0.3 is 5.97 Å². The number of fused-ring (bicyclic) bond motifs is 7. The summed E-state index contributed by atoms with van der Waals surface area (Å²) in [5.41, 5.74) is 23.2. The lowest BCUT2D eigenvalue weighted by molar-refractivity contribution is 0.0473. The number of esters is 1. The number of para-hydroxylation sites is 4. The van der Waals surface area contributed by atoms with Crippen molar-refractivity contribution in [1.82, 2.24) is 29.5 Å². The fourth-order valence-corrected chi connectivity index (χ4v) is 14.3. The SMILES string of the molecule is O=C(OCc1ccccc1)c1ccc2c(c1)c1ccccc1n2-c1ccc(-c2nc(-c3ccccc3)cc(-c3ccccc3)n2)cc1-c1nc(-c2ccccc2)nc(-c2cccc(-c3cccc(N4c5ccccc5B5c6ccccc6N(c6ccccc6)c6cccc4c65)c3)c2)n1. The minimum atomic E-state index is -0.406. The van der Waals surface area contributed by atoms with E-state index >= 15 is 0 Å². The molecule has 0 saturated carbocycles. The summed E-state index contributed by atoms with van der Waals surface area (Å²) in [6.45, 7) is 0.186. The zero-order chi connectivity index (χ0) is 65.0. The highest BCUT2D eigenvalue weighted by atomic mass is 16.5. The lowest BCUT2D eigenvalue weighted by Crippen LogP contribution is -2.61. The van der Waals surface area contributed by atoms with Gasteiger partial charge in [-0.3, -0.25) is 0 Å². The Morgan fingerprint density at radius 1 is 0.327 bits per heavy atom. The standard InChI is InChI=1S/C87H57BN8O2/c97-87(98-56-57-25-6-1-7-26-57)65-48-50-76-69(54-65)68-39-16-19-42-75(68)96(76)77-49-47-64(84-89-73(58-27-8-2-9-28-58)55-74(90-84)59-29-10-3-11-30-59)53-70(77)86-92-83(60-31-12-4-13-32-60)91-85(93-86)63-35-22-33-61(51-63)62-34-23-38-67(52-62)95-79-44-21-18-41-72(79)88-71-40-17-20-43-78(71)94(66-36-14-5-15-37-66)80-45-24-46-81(95)82(80)88/h1-55H,56H2. The number of ether oxygens (including phenoxy) is 1. The van der Waals surface area contributed by atoms with Crippen molar-refractivity contribution in [3.8, 4) is 84.9 Å². The first-order valence-corrected chi connectivity index (χ1v) is 32.9. The Hall–Kier alpha value is -13.1. The quantitative estimate of drug-likeness (QED) is 0.0825. The number of carbonyl (C=O) groups excluding carboxylic acids is 1. The molecule has 16 aromatic rings. The molecule has 0 fully saturated rings. The second kappa shape index (κ2) is 24.3. The Labute approximate surface area is 566 Å². The summed E-state index contributed by atoms with van der Waals surface area (Å²) in [6, 6.07) is 115. The molecule has 13 aromatic carbocycles. The van der Waals surface area contributed by atoms with Gasteiger partial charge in [-0.2, -0.15) is 0 Å². The van der Waals surface area contributed by atoms with Crippen molar-refractivity contribution in [1.29, 1.82) is 0 Å². The maximum atomic E-state index is 13.9. The fraction of sp³-hybridized carbons (Fsp3) is 0.0115. The third-order valence-electron chi connectivity index (χ3n) is 18.8. The predicted molar refractivity (Wildman–Crippen MR) is 397 cm³/mol. The van der Waals surface area contributed by atoms with Gasteiger partial charge in [0.2, 0.25) is 0 Å². The summed E-state index contributed by atoms with van der Waals surface area (Å²) in [4.78, 5) is 45.8. The van der Waals surface area contributed by atoms with Crippen molar-refractivity contribution in [3.05, 3.63) is 345 Å². The molecule has 98 heavy (non-hydrogen) atoms. The van der Waals surface area contributed by atoms with Gasteiger partial charge in [0.05, 0.1) is 33.7 Å². The molecule has 0 spiro atoms. The van der Waals surface area contributed by atoms with Gasteiger partial charge in [-0.15, -0.1) is 0 Å². The summed E-state index contributed by atoms with van der Waals surface area (Å²) >= 11 is 0. The highest BCUT2D eigenvalue weighted by Crippen LogP contribution is 2.46. The van der Waals surface area contributed by atoms with Crippen molar-refractivity contribution in [2.24, 2.45) is 0 Å². The average Bonchev–Trinajstić information content (AvgIpc) is 0.850. The normalized spacial score (nSPS) is 12.1. The van der Waals surface area contributed by atoms with Crippen molar-refractivity contribution in [3.63, 3.8) is 0 Å². The van der Waals surface area contributed by atoms with Crippen LogP contribution in [0, 0.1) is 0 Å². The number of anilines is 6. The molecule has 0 aliphatic carbocycles. The van der Waals surface area contributed by atoms with E-state index in [0.29, 0.717) is 34.4 Å². The lowest BCUT2D eigenvalue weighted by atomic mass is 9.33. The van der Waals surface area contributed by atoms with Gasteiger partial charge in [0, 0.05) is 78.3 Å². The van der Waals surface area contributed by atoms with Gasteiger partial charge in [-0.1, -0.05) is 231 Å². The second-order valence-electron chi connectivity index (χ2n) is 24.6. The molecule has 2 aliphatic heterocycles. The zero-order valence-corrected chi connectivity index (χ0v) is 52.9. The summed E-state index contributed by atoms with van der Waals surface area (Å²) in [5, 5.41) is 1.84. The Bertz CT molecular complexity index is 5700. The molecular weight excluding hydrogens is 1200 g/mol. The van der Waals surface area contributed by atoms with E-state index in [4.69, 9.17) is 29.7 Å². The summed E-state index contributed by atoms with van der Waals surface area (Å²) in [5.74, 6) is 1.57. The van der Waals surface area contributed by atoms with Crippen LogP contribution in [0.3, 0.4) is 0 Å². The van der Waals surface area contributed by atoms with Crippen LogP contribution in [0.15, 0.2) is 334 Å². The van der Waals surface area contributed by atoms with E-state index in [1.807, 2.05) is 127 Å². The van der Waals surface area contributed by atoms with Crippen molar-refractivity contribution in [2.45, 2.75) is 6.61 Å². The number of benzene rings is 13. The lowest BCUT2D eigenvalue weighted by Gasteiger charge is -2.44. The molecule has 0 saturated heterocycles. The number of rotatable bonds is 13. The van der Waals surface area contributed by atoms with E-state index in [2.05, 4.69) is 221 Å². The van der Waals surface area contributed by atoms with Crippen LogP contribution in [0.25, 0.3) is 107 Å². The van der Waals surface area contributed by atoms with Gasteiger partial charge in [-0.05, 0) is 136 Å². The molecular formula is C87H57BN8O2. The Balaban J connectivity index is 0.796. The van der Waals surface area contributed by atoms with Gasteiger partial charge < -0.3 is 19.1 Å². The number of hydrogen-bond acceptors (Lipinski definition) is 9. The Kier molecular flexibility index (Phi) is 14.3. The first-order chi connectivity index (χ1) is 48.5. The molecule has 460 valence electrons. The number of nitrogens with zero attached hydrogens (tertiary/aromatic N) is 8. The van der Waals surface area contributed by atoms with Gasteiger partial charge in [0.15, 0.2) is 23.3 Å². The van der Waals surface area contributed by atoms with Crippen LogP contribution in [0.2, 0.25) is 0 Å². The maximum Gasteiger partial charge on any atom is 0.338 e. The highest BCUT2D eigenvalue weighted by Gasteiger charge is 2.43. The monoisotopic (exact) mass is 1260 g/mol. The summed E-state index contributed by atoms with van der Waals surface area (Å²) in [7, 11) is 0. The maximum absolute atomic E-state index is 13.9. The Morgan fingerprint density at radius 2 is 0.806 bits per heavy atom. The zero-order valence-electron chi connectivity index (χ0n) is 52.9. The van der Waals surface area contributed by atoms with E-state index in [-0.39, 0.29) is 13.3 Å². The molecule has 0 amide bonds. The van der Waals surface area contributed by atoms with Gasteiger partial charge in [0.25, 0.3) is 6.71 Å². The van der Waals surface area contributed by atoms with E-state index < -0.39 is 5.97 Å². The predicted octanol–water partition coefficient (Wildman–Crippen LogP) is 18.9. The van der Waals surface area contributed by atoms with Crippen LogP contribution in [-0.2, 0) is 11.3 Å². The third-order valence-corrected chi connectivity index (χ3v) is 18.8. The van der Waals surface area contributed by atoms with E-state index in [0.717, 1.165) is 112 Å². The molecule has 3 aromatic heterocycles. The van der Waals surface area contributed by atoms with Crippen LogP contribution >= 0.6 is 0 Å². The minimum Gasteiger partial charge on any atom is -0.457 e. The number of aromatic nitrogens is 6. The fourth-order valence-electron chi connectivity index (χ4n) is 14.3. The largest absolute Gasteiger partial charge is 0.457 e. The number of hydrogen-bond donors (Lipinski definition) is 0. The minimum absolute atomic E-state index is 0.0270. The number of carbonyl (C=O) groups is 1. The highest BCUT2D eigenvalue weighted by molar-refractivity contribution is 7.00. The van der Waals surface area contributed by atoms with Crippen LogP contribution in [0.4, 0.5) is 34.1 Å². The Morgan fingerprint density at radius 3 is 1.49 bits per heavy atom. The van der Waals surface area contributed by atoms with Gasteiger partial charge in [0.1, 0.15) is 6.61 Å². The molecule has 0 N–H and O–H groups in total. The van der Waals surface area contributed by atoms with Crippen LogP contribution in [0.1, 0.15) is 15.9 Å². The van der Waals surface area contributed by atoms with E-state index in [9.17, 15) is 4.79 Å². The summed E-state index contributed by atoms with van der Waals surface area (Å²) < 4.78 is 8.15. The smallest absolute Gasteiger partial charge is 0.338 e. The van der Waals surface area contributed by atoms with Crippen LogP contribution in [-0.4, -0.2) is 42.2 Å². The first-order valence-electron chi connectivity index (χ1n) is 32.9. The molecule has 0 unspecified atom stereocenters. The average molecular weight is 1260 g/mol. The van der Waals surface area contributed by atoms with Crippen molar-refractivity contribution >= 4 is 85.0 Å². The molecule has 11 heteroatoms. The van der Waals surface area contributed by atoms with Crippen molar-refractivity contribution < 1.29 is 9.53 Å². The molecule has 0 radical (unpaired) electrons. The third kappa shape index (κ3) is 10.2. The molecule has 18 rings (SSSR count). The van der Waals surface area contributed by atoms with Gasteiger partial charge in [-0.25, -0.2) is 29.7 Å². The van der Waals surface area contributed by atoms with Crippen molar-refractivity contribution in [2.75, 3.05) is 9.80 Å². The summed E-state index contributed by atoms with van der Waals surface area (Å²) in [6.07, 6.45) is 0. The second-order valence-corrected chi connectivity index (χ2v) is 24.6. The van der Waals surface area contributed by atoms with E-state index in [1.54, 1.807) is 0 Å². The topological polar surface area (TPSA) is 102 Å². The molecule has 0 atom stereocenters. The molecule has 10 nitrogen and oxygen atoms in total. The van der Waals surface area contributed by atoms with Crippen LogP contribution in [0.5, 0.6) is 0 Å². The molecule has 0 bridgehead atoms. The van der Waals surface area contributed by atoms with Crippen LogP contribution < -0.4 is 26.2 Å². The van der Waals surface area contributed by atoms with E-state index in [1.165, 1.54) is 22.1 Å².